The summed E-state index contributed by atoms with van der Waals surface area (Å²) in [7, 11) is -4.06. The molecule has 0 aliphatic heterocycles. The van der Waals surface area contributed by atoms with Gasteiger partial charge in [0.25, 0.3) is 10.1 Å². The molecule has 0 aliphatic carbocycles. The smallest absolute Gasteiger partial charge is 0.306 e. The Morgan fingerprint density at radius 1 is 1.26 bits per heavy atom. The Morgan fingerprint density at radius 3 is 2.53 bits per heavy atom. The zero-order chi connectivity index (χ0) is 14.5. The molecule has 1 aromatic carbocycles. The molecule has 0 fully saturated rings. The molecule has 0 atom stereocenters. The Bertz CT molecular complexity index is 565. The normalized spacial score (nSPS) is 11.2. The van der Waals surface area contributed by atoms with E-state index in [2.05, 4.69) is 0 Å². The van der Waals surface area contributed by atoms with Gasteiger partial charge >= 0.3 is 6.08 Å². The fourth-order valence-electron chi connectivity index (χ4n) is 1.26. The fraction of sp³-hybridized carbons (Fsp3) is 0.273. The van der Waals surface area contributed by atoms with Gasteiger partial charge in [-0.15, -0.1) is 0 Å². The van der Waals surface area contributed by atoms with E-state index in [0.717, 1.165) is 12.1 Å². The number of ether oxygens (including phenoxy) is 1. The van der Waals surface area contributed by atoms with Gasteiger partial charge in [0.05, 0.1) is 12.4 Å². The van der Waals surface area contributed by atoms with E-state index in [0.29, 0.717) is 0 Å². The minimum absolute atomic E-state index is 0.0266. The summed E-state index contributed by atoms with van der Waals surface area (Å²) in [4.78, 5) is 0. The molecule has 0 saturated carbocycles. The highest BCUT2D eigenvalue weighted by Crippen LogP contribution is 2.25. The summed E-state index contributed by atoms with van der Waals surface area (Å²) in [6.07, 6.45) is -2.40. The minimum atomic E-state index is -4.06. The molecule has 19 heavy (non-hydrogen) atoms. The highest BCUT2D eigenvalue weighted by Gasteiger charge is 2.09. The van der Waals surface area contributed by atoms with Crippen LogP contribution in [0.4, 0.5) is 13.2 Å². The van der Waals surface area contributed by atoms with E-state index in [1.165, 1.54) is 12.1 Å². The molecular formula is C11H11F3O4S. The highest BCUT2D eigenvalue weighted by atomic mass is 32.2. The largest absolute Gasteiger partial charge is 0.494 e. The van der Waals surface area contributed by atoms with Crippen molar-refractivity contribution in [3.8, 4) is 5.75 Å². The van der Waals surface area contributed by atoms with Gasteiger partial charge in [0.1, 0.15) is 5.75 Å². The predicted molar refractivity (Wildman–Crippen MR) is 63.2 cm³/mol. The van der Waals surface area contributed by atoms with Crippen LogP contribution in [0.1, 0.15) is 12.0 Å². The van der Waals surface area contributed by atoms with Crippen molar-refractivity contribution in [2.45, 2.75) is 6.42 Å². The Hall–Kier alpha value is -1.54. The van der Waals surface area contributed by atoms with E-state index in [9.17, 15) is 21.6 Å². The SMILES string of the molecule is O=S(=O)(O)CCCOc1cccc(C(F)=C(F)F)c1. The Kier molecular flexibility index (Phi) is 5.37. The van der Waals surface area contributed by atoms with Crippen LogP contribution in [-0.2, 0) is 10.1 Å². The molecule has 1 rings (SSSR count). The molecule has 0 radical (unpaired) electrons. The first-order valence-electron chi connectivity index (χ1n) is 5.19. The van der Waals surface area contributed by atoms with Crippen molar-refractivity contribution in [1.82, 2.24) is 0 Å². The predicted octanol–water partition coefficient (Wildman–Crippen LogP) is 2.88. The number of hydrogen-bond donors (Lipinski definition) is 1. The van der Waals surface area contributed by atoms with E-state index in [1.54, 1.807) is 0 Å². The Labute approximate surface area is 108 Å². The summed E-state index contributed by atoms with van der Waals surface area (Å²) >= 11 is 0. The second-order valence-electron chi connectivity index (χ2n) is 3.59. The molecular weight excluding hydrogens is 285 g/mol. The van der Waals surface area contributed by atoms with Crippen molar-refractivity contribution >= 4 is 15.9 Å². The van der Waals surface area contributed by atoms with Crippen LogP contribution in [0.2, 0.25) is 0 Å². The molecule has 1 N–H and O–H groups in total. The van der Waals surface area contributed by atoms with Crippen molar-refractivity contribution in [3.63, 3.8) is 0 Å². The molecule has 0 spiro atoms. The molecule has 0 amide bonds. The van der Waals surface area contributed by atoms with Crippen molar-refractivity contribution in [2.24, 2.45) is 0 Å². The third-order valence-electron chi connectivity index (χ3n) is 2.07. The highest BCUT2D eigenvalue weighted by molar-refractivity contribution is 7.85. The van der Waals surface area contributed by atoms with Gasteiger partial charge in [-0.25, -0.2) is 4.39 Å². The first kappa shape index (κ1) is 15.5. The second kappa shape index (κ2) is 6.58. The summed E-state index contributed by atoms with van der Waals surface area (Å²) in [6.45, 7) is -0.0489. The quantitative estimate of drug-likeness (QED) is 0.647. The first-order chi connectivity index (χ1) is 8.79. The lowest BCUT2D eigenvalue weighted by atomic mass is 10.2. The molecule has 0 bridgehead atoms. The van der Waals surface area contributed by atoms with Gasteiger partial charge in [-0.2, -0.15) is 17.2 Å². The van der Waals surface area contributed by atoms with Crippen LogP contribution >= 0.6 is 0 Å². The summed E-state index contributed by atoms with van der Waals surface area (Å²) in [6, 6.07) is 4.97. The van der Waals surface area contributed by atoms with Gasteiger partial charge in [0.15, 0.2) is 5.83 Å². The number of rotatable bonds is 6. The van der Waals surface area contributed by atoms with Gasteiger partial charge < -0.3 is 4.74 Å². The maximum atomic E-state index is 12.9. The molecule has 0 aliphatic rings. The average Bonchev–Trinajstić information content (AvgIpc) is 2.33. The van der Waals surface area contributed by atoms with Crippen molar-refractivity contribution in [1.29, 1.82) is 0 Å². The van der Waals surface area contributed by atoms with Crippen LogP contribution in [0.25, 0.3) is 5.83 Å². The van der Waals surface area contributed by atoms with Gasteiger partial charge in [0, 0.05) is 5.56 Å². The van der Waals surface area contributed by atoms with Gasteiger partial charge in [-0.05, 0) is 18.6 Å². The maximum absolute atomic E-state index is 12.9. The third kappa shape index (κ3) is 5.75. The lowest BCUT2D eigenvalue weighted by Gasteiger charge is -2.06. The molecule has 0 saturated heterocycles. The van der Waals surface area contributed by atoms with Gasteiger partial charge in [-0.1, -0.05) is 12.1 Å². The zero-order valence-electron chi connectivity index (χ0n) is 9.64. The Morgan fingerprint density at radius 2 is 1.95 bits per heavy atom. The lowest BCUT2D eigenvalue weighted by molar-refractivity contribution is 0.316. The second-order valence-corrected chi connectivity index (χ2v) is 5.16. The van der Waals surface area contributed by atoms with Crippen molar-refractivity contribution < 1.29 is 30.9 Å². The molecule has 0 unspecified atom stereocenters. The summed E-state index contributed by atoms with van der Waals surface area (Å²) in [5.41, 5.74) is -0.327. The summed E-state index contributed by atoms with van der Waals surface area (Å²) in [5, 5.41) is 0. The van der Waals surface area contributed by atoms with Crippen molar-refractivity contribution in [3.05, 3.63) is 35.9 Å². The number of benzene rings is 1. The van der Waals surface area contributed by atoms with Crippen LogP contribution in [0.15, 0.2) is 30.3 Å². The van der Waals surface area contributed by atoms with Crippen LogP contribution in [0.5, 0.6) is 5.75 Å². The summed E-state index contributed by atoms with van der Waals surface area (Å²) < 4.78 is 71.4. The number of halogens is 3. The van der Waals surface area contributed by atoms with Crippen LogP contribution in [0, 0.1) is 0 Å². The standard InChI is InChI=1S/C11H11F3O4S/c12-10(11(13)14)8-3-1-4-9(7-8)18-5-2-6-19(15,16)17/h1,3-4,7H,2,5-6H2,(H,15,16,17). The number of hydrogen-bond acceptors (Lipinski definition) is 3. The third-order valence-corrected chi connectivity index (χ3v) is 2.87. The van der Waals surface area contributed by atoms with Gasteiger partial charge in [-0.3, -0.25) is 4.55 Å². The topological polar surface area (TPSA) is 63.6 Å². The van der Waals surface area contributed by atoms with Crippen LogP contribution in [0.3, 0.4) is 0 Å². The van der Waals surface area contributed by atoms with Crippen LogP contribution < -0.4 is 4.74 Å². The molecule has 8 heteroatoms. The van der Waals surface area contributed by atoms with E-state index >= 15 is 0 Å². The zero-order valence-corrected chi connectivity index (χ0v) is 10.5. The van der Waals surface area contributed by atoms with E-state index < -0.39 is 27.8 Å². The van der Waals surface area contributed by atoms with Gasteiger partial charge in [0.2, 0.25) is 0 Å². The lowest BCUT2D eigenvalue weighted by Crippen LogP contribution is -2.08. The molecule has 106 valence electrons. The summed E-state index contributed by atoms with van der Waals surface area (Å²) in [5.74, 6) is -1.98. The monoisotopic (exact) mass is 296 g/mol. The maximum Gasteiger partial charge on any atom is 0.306 e. The molecule has 0 aromatic heterocycles. The Balaban J connectivity index is 2.61. The van der Waals surface area contributed by atoms with Crippen molar-refractivity contribution in [2.75, 3.05) is 12.4 Å². The van der Waals surface area contributed by atoms with Crippen LogP contribution in [-0.4, -0.2) is 25.3 Å². The molecule has 4 nitrogen and oxygen atoms in total. The fourth-order valence-corrected chi connectivity index (χ4v) is 1.75. The van der Waals surface area contributed by atoms with E-state index in [1.807, 2.05) is 0 Å². The first-order valence-corrected chi connectivity index (χ1v) is 6.79. The average molecular weight is 296 g/mol. The molecule has 0 heterocycles. The van der Waals surface area contributed by atoms with E-state index in [-0.39, 0.29) is 24.3 Å². The molecule has 1 aromatic rings. The van der Waals surface area contributed by atoms with E-state index in [4.69, 9.17) is 9.29 Å². The minimum Gasteiger partial charge on any atom is -0.494 e.